The minimum atomic E-state index is -0.840. The Balaban J connectivity index is 1.19. The first-order valence-electron chi connectivity index (χ1n) is 12.3. The van der Waals surface area contributed by atoms with Gasteiger partial charge >= 0.3 is 0 Å². The number of benzene rings is 4. The first kappa shape index (κ1) is 26.3. The van der Waals surface area contributed by atoms with Gasteiger partial charge in [-0.15, -0.1) is 0 Å². The monoisotopic (exact) mass is 504 g/mol. The van der Waals surface area contributed by atoms with Crippen LogP contribution in [0.4, 0.5) is 0 Å². The Bertz CT molecular complexity index is 1370. The quantitative estimate of drug-likeness (QED) is 0.181. The maximum Gasteiger partial charge on any atom is 0.185 e. The van der Waals surface area contributed by atoms with E-state index >= 15 is 0 Å². The number of hydrogen-bond acceptors (Lipinski definition) is 5. The van der Waals surface area contributed by atoms with E-state index in [2.05, 4.69) is 0 Å². The van der Waals surface area contributed by atoms with Crippen molar-refractivity contribution in [2.75, 3.05) is 13.2 Å². The van der Waals surface area contributed by atoms with Gasteiger partial charge in [0.2, 0.25) is 0 Å². The number of aliphatic hydroxyl groups is 1. The van der Waals surface area contributed by atoms with Crippen LogP contribution in [0, 0.1) is 0 Å². The Kier molecular flexibility index (Phi) is 9.38. The average molecular weight is 505 g/mol. The van der Waals surface area contributed by atoms with Crippen molar-refractivity contribution in [1.29, 1.82) is 0 Å². The molecule has 4 aromatic carbocycles. The number of rotatable bonds is 12. The van der Waals surface area contributed by atoms with Gasteiger partial charge in [0.25, 0.3) is 0 Å². The predicted octanol–water partition coefficient (Wildman–Crippen LogP) is 6.30. The Hall–Kier alpha value is -4.74. The molecular weight excluding hydrogens is 476 g/mol. The summed E-state index contributed by atoms with van der Waals surface area (Å²) in [5.41, 5.74) is 3.01. The molecule has 0 saturated heterocycles. The fourth-order valence-corrected chi connectivity index (χ4v) is 3.53. The highest BCUT2D eigenvalue weighted by Crippen LogP contribution is 2.16. The van der Waals surface area contributed by atoms with Crippen molar-refractivity contribution in [2.24, 2.45) is 0 Å². The van der Waals surface area contributed by atoms with Gasteiger partial charge in [-0.3, -0.25) is 9.59 Å². The van der Waals surface area contributed by atoms with E-state index in [-0.39, 0.29) is 24.8 Å². The van der Waals surface area contributed by atoms with Crippen molar-refractivity contribution in [1.82, 2.24) is 0 Å². The Morgan fingerprint density at radius 2 is 1.00 bits per heavy atom. The predicted molar refractivity (Wildman–Crippen MR) is 149 cm³/mol. The van der Waals surface area contributed by atoms with Crippen molar-refractivity contribution in [3.63, 3.8) is 0 Å². The normalized spacial score (nSPS) is 11.9. The highest BCUT2D eigenvalue weighted by atomic mass is 16.5. The fourth-order valence-electron chi connectivity index (χ4n) is 3.53. The molecule has 0 aromatic heterocycles. The second-order valence-corrected chi connectivity index (χ2v) is 8.54. The van der Waals surface area contributed by atoms with Crippen LogP contribution in [0.3, 0.4) is 0 Å². The van der Waals surface area contributed by atoms with Gasteiger partial charge in [-0.2, -0.15) is 0 Å². The molecule has 5 nitrogen and oxygen atoms in total. The lowest BCUT2D eigenvalue weighted by Gasteiger charge is -2.14. The summed E-state index contributed by atoms with van der Waals surface area (Å²) in [7, 11) is 0. The van der Waals surface area contributed by atoms with Crippen LogP contribution in [-0.2, 0) is 0 Å². The first-order chi connectivity index (χ1) is 18.6. The van der Waals surface area contributed by atoms with Crippen molar-refractivity contribution >= 4 is 23.7 Å². The molecule has 4 aromatic rings. The largest absolute Gasteiger partial charge is 0.491 e. The van der Waals surface area contributed by atoms with Crippen LogP contribution in [0.25, 0.3) is 12.2 Å². The maximum absolute atomic E-state index is 12.4. The molecule has 0 aliphatic heterocycles. The van der Waals surface area contributed by atoms with Crippen LogP contribution in [0.15, 0.2) is 121 Å². The standard InChI is InChI=1S/C33H28O5/c34-29(23-37-30-17-11-26(12-18-30)14-22-32(35)27-9-5-2-6-10-27)24-38-31-19-15-28(16-20-31)33(36)21-13-25-7-3-1-4-8-25/h1-22,29,34H,23-24H2/b21-13+,22-14-. The topological polar surface area (TPSA) is 72.8 Å². The number of carbonyl (C=O) groups excluding carboxylic acids is 2. The molecule has 0 bridgehead atoms. The maximum atomic E-state index is 12.4. The fraction of sp³-hybridized carbons (Fsp3) is 0.0909. The number of ketones is 2. The van der Waals surface area contributed by atoms with E-state index in [4.69, 9.17) is 9.47 Å². The zero-order valence-corrected chi connectivity index (χ0v) is 20.8. The minimum absolute atomic E-state index is 0.0453. The van der Waals surface area contributed by atoms with Crippen LogP contribution in [0.1, 0.15) is 31.8 Å². The number of hydrogen-bond donors (Lipinski definition) is 1. The highest BCUT2D eigenvalue weighted by Gasteiger charge is 2.08. The Morgan fingerprint density at radius 3 is 1.53 bits per heavy atom. The lowest BCUT2D eigenvalue weighted by molar-refractivity contribution is 0.0626. The van der Waals surface area contributed by atoms with E-state index in [1.165, 1.54) is 6.08 Å². The van der Waals surface area contributed by atoms with Crippen LogP contribution in [-0.4, -0.2) is 36.0 Å². The Morgan fingerprint density at radius 1 is 0.579 bits per heavy atom. The van der Waals surface area contributed by atoms with Gasteiger partial charge in [-0.1, -0.05) is 84.9 Å². The molecule has 1 atom stereocenters. The smallest absolute Gasteiger partial charge is 0.185 e. The van der Waals surface area contributed by atoms with E-state index in [1.807, 2.05) is 60.7 Å². The van der Waals surface area contributed by atoms with E-state index in [0.29, 0.717) is 22.6 Å². The summed E-state index contributed by atoms with van der Waals surface area (Å²) in [6.45, 7) is 0.103. The lowest BCUT2D eigenvalue weighted by Crippen LogP contribution is -2.25. The van der Waals surface area contributed by atoms with E-state index in [9.17, 15) is 14.7 Å². The number of carbonyl (C=O) groups is 2. The zero-order valence-electron chi connectivity index (χ0n) is 20.8. The molecule has 0 saturated carbocycles. The van der Waals surface area contributed by atoms with Crippen molar-refractivity contribution in [3.05, 3.63) is 144 Å². The van der Waals surface area contributed by atoms with Gasteiger partial charge in [0, 0.05) is 11.1 Å². The number of aliphatic hydroxyl groups excluding tert-OH is 1. The van der Waals surface area contributed by atoms with Crippen molar-refractivity contribution in [2.45, 2.75) is 6.10 Å². The molecule has 190 valence electrons. The van der Waals surface area contributed by atoms with Crippen LogP contribution < -0.4 is 9.47 Å². The molecule has 0 spiro atoms. The summed E-state index contributed by atoms with van der Waals surface area (Å²) in [5.74, 6) is 0.990. The lowest BCUT2D eigenvalue weighted by atomic mass is 10.1. The Labute approximate surface area is 222 Å². The molecule has 1 unspecified atom stereocenters. The highest BCUT2D eigenvalue weighted by molar-refractivity contribution is 6.07. The van der Waals surface area contributed by atoms with Crippen molar-refractivity contribution < 1.29 is 24.2 Å². The summed E-state index contributed by atoms with van der Waals surface area (Å²) in [4.78, 5) is 24.5. The summed E-state index contributed by atoms with van der Waals surface area (Å²) in [5, 5.41) is 10.2. The van der Waals surface area contributed by atoms with Gasteiger partial charge in [0.05, 0.1) is 0 Å². The molecule has 0 amide bonds. The molecule has 0 fully saturated rings. The molecular formula is C33H28O5. The molecule has 4 rings (SSSR count). The van der Waals surface area contributed by atoms with E-state index < -0.39 is 6.10 Å². The zero-order chi connectivity index (χ0) is 26.6. The average Bonchev–Trinajstić information content (AvgIpc) is 2.98. The molecule has 38 heavy (non-hydrogen) atoms. The van der Waals surface area contributed by atoms with Crippen LogP contribution in [0.5, 0.6) is 11.5 Å². The van der Waals surface area contributed by atoms with Crippen LogP contribution in [0.2, 0.25) is 0 Å². The first-order valence-corrected chi connectivity index (χ1v) is 12.3. The molecule has 0 aliphatic carbocycles. The van der Waals surface area contributed by atoms with Gasteiger partial charge in [-0.05, 0) is 59.7 Å². The number of allylic oxidation sites excluding steroid dienone is 2. The van der Waals surface area contributed by atoms with Gasteiger partial charge in [0.1, 0.15) is 30.8 Å². The minimum Gasteiger partial charge on any atom is -0.491 e. The molecule has 1 N–H and O–H groups in total. The third-order valence-electron chi connectivity index (χ3n) is 5.62. The van der Waals surface area contributed by atoms with Crippen molar-refractivity contribution in [3.8, 4) is 11.5 Å². The second-order valence-electron chi connectivity index (χ2n) is 8.54. The third-order valence-corrected chi connectivity index (χ3v) is 5.62. The van der Waals surface area contributed by atoms with Gasteiger partial charge in [0.15, 0.2) is 11.6 Å². The summed E-state index contributed by atoms with van der Waals surface area (Å²) >= 11 is 0. The summed E-state index contributed by atoms with van der Waals surface area (Å²) in [6, 6.07) is 32.7. The second kappa shape index (κ2) is 13.5. The molecule has 5 heteroatoms. The number of ether oxygens (including phenoxy) is 2. The third kappa shape index (κ3) is 8.15. The van der Waals surface area contributed by atoms with E-state index in [0.717, 1.165) is 11.1 Å². The van der Waals surface area contributed by atoms with Gasteiger partial charge in [-0.25, -0.2) is 0 Å². The summed E-state index contributed by atoms with van der Waals surface area (Å²) < 4.78 is 11.3. The van der Waals surface area contributed by atoms with Crippen LogP contribution >= 0.6 is 0 Å². The SMILES string of the molecule is O=C(/C=C\c1ccc(OCC(O)COc2ccc(C(=O)/C=C/c3ccccc3)cc2)cc1)c1ccccc1. The molecule has 0 heterocycles. The molecule has 0 aliphatic rings. The summed E-state index contributed by atoms with van der Waals surface area (Å²) in [6.07, 6.45) is 5.77. The van der Waals surface area contributed by atoms with E-state index in [1.54, 1.807) is 66.8 Å². The van der Waals surface area contributed by atoms with Gasteiger partial charge < -0.3 is 14.6 Å². The molecule has 0 radical (unpaired) electrons.